The number of fused-ring (bicyclic) bond motifs is 5. The third-order valence-electron chi connectivity index (χ3n) is 12.5. The molecule has 14 nitrogen and oxygen atoms in total. The molecule has 2 saturated heterocycles. The maximum absolute atomic E-state index is 13.8. The van der Waals surface area contributed by atoms with Crippen molar-refractivity contribution in [2.75, 3.05) is 45.4 Å². The Morgan fingerprint density at radius 2 is 1.28 bits per heavy atom. The fraction of sp³-hybridized carbons (Fsp3) is 0.500. The van der Waals surface area contributed by atoms with Gasteiger partial charge in [0.1, 0.15) is 28.4 Å². The van der Waals surface area contributed by atoms with E-state index in [4.69, 9.17) is 19.4 Å². The van der Waals surface area contributed by atoms with Gasteiger partial charge in [-0.3, -0.25) is 9.59 Å². The number of benzene rings is 2. The Bertz CT molecular complexity index is 2240. The Labute approximate surface area is 359 Å². The number of hydrogen-bond acceptors (Lipinski definition) is 10. The van der Waals surface area contributed by atoms with Crippen LogP contribution in [0.2, 0.25) is 0 Å². The molecule has 2 unspecified atom stereocenters. The maximum Gasteiger partial charge on any atom is 0.407 e. The molecule has 2 aliphatic carbocycles. The summed E-state index contributed by atoms with van der Waals surface area (Å²) in [5, 5.41) is 4.92. The molecule has 6 atom stereocenters. The summed E-state index contributed by atoms with van der Waals surface area (Å²) in [6, 6.07) is 12.4. The molecule has 2 aromatic carbocycles. The van der Waals surface area contributed by atoms with E-state index in [0.29, 0.717) is 24.9 Å². The number of aromatic amines is 2. The lowest BCUT2D eigenvalue weighted by molar-refractivity contribution is -0.137. The highest BCUT2D eigenvalue weighted by Crippen LogP contribution is 2.58. The lowest BCUT2D eigenvalue weighted by Gasteiger charge is -2.29. The van der Waals surface area contributed by atoms with E-state index in [2.05, 4.69) is 57.0 Å². The zero-order valence-corrected chi connectivity index (χ0v) is 36.6. The summed E-state index contributed by atoms with van der Waals surface area (Å²) in [7, 11) is 2.62. The molecule has 16 heteroatoms. The molecule has 4 aliphatic rings. The van der Waals surface area contributed by atoms with Gasteiger partial charge in [-0.1, -0.05) is 64.1 Å². The number of aromatic nitrogens is 4. The summed E-state index contributed by atoms with van der Waals surface area (Å²) < 4.78 is 9.54. The number of carbonyl (C=O) groups is 4. The minimum atomic E-state index is -0.697. The predicted molar refractivity (Wildman–Crippen MR) is 233 cm³/mol. The quantitative estimate of drug-likeness (QED) is 0.111. The second kappa shape index (κ2) is 17.6. The Balaban J connectivity index is 1.00. The van der Waals surface area contributed by atoms with Crippen molar-refractivity contribution in [2.24, 2.45) is 17.8 Å². The summed E-state index contributed by atoms with van der Waals surface area (Å²) in [5.41, 5.74) is 9.29. The lowest BCUT2D eigenvalue weighted by atomic mass is 9.82. The molecule has 60 heavy (non-hydrogen) atoms. The molecular weight excluding hydrogens is 801 g/mol. The molecule has 4 amide bonds. The highest BCUT2D eigenvalue weighted by molar-refractivity contribution is 8.00. The highest BCUT2D eigenvalue weighted by Gasteiger charge is 2.42. The monoisotopic (exact) mass is 854 g/mol. The Morgan fingerprint density at radius 1 is 0.733 bits per heavy atom. The minimum Gasteiger partial charge on any atom is -0.453 e. The van der Waals surface area contributed by atoms with E-state index in [1.807, 2.05) is 49.9 Å². The van der Waals surface area contributed by atoms with Crippen molar-refractivity contribution in [1.82, 2.24) is 40.4 Å². The van der Waals surface area contributed by atoms with Crippen LogP contribution in [0, 0.1) is 17.8 Å². The van der Waals surface area contributed by atoms with Gasteiger partial charge in [-0.15, -0.1) is 23.5 Å². The number of amides is 4. The van der Waals surface area contributed by atoms with Crippen molar-refractivity contribution in [3.8, 4) is 33.6 Å². The van der Waals surface area contributed by atoms with E-state index in [-0.39, 0.29) is 46.9 Å². The molecule has 8 rings (SSSR count). The van der Waals surface area contributed by atoms with Gasteiger partial charge >= 0.3 is 12.2 Å². The van der Waals surface area contributed by atoms with Gasteiger partial charge in [0.2, 0.25) is 11.8 Å². The lowest BCUT2D eigenvalue weighted by Crippen LogP contribution is -2.51. The van der Waals surface area contributed by atoms with Gasteiger partial charge in [-0.05, 0) is 70.8 Å². The normalized spacial score (nSPS) is 21.7. The average molecular weight is 855 g/mol. The molecular formula is C44H54N8O6S2. The second-order valence-corrected chi connectivity index (χ2v) is 19.1. The van der Waals surface area contributed by atoms with Crippen LogP contribution in [-0.2, 0) is 19.1 Å². The van der Waals surface area contributed by atoms with Crippen LogP contribution in [-0.4, -0.2) is 105 Å². The number of imidazole rings is 2. The van der Waals surface area contributed by atoms with Gasteiger partial charge in [-0.2, -0.15) is 0 Å². The van der Waals surface area contributed by atoms with E-state index in [1.165, 1.54) is 54.9 Å². The van der Waals surface area contributed by atoms with Gasteiger partial charge in [0.25, 0.3) is 0 Å². The summed E-state index contributed by atoms with van der Waals surface area (Å²) in [5.74, 6) is 3.45. The number of ether oxygens (including phenoxy) is 2. The smallest absolute Gasteiger partial charge is 0.407 e. The number of H-pyrrole nitrogens is 2. The van der Waals surface area contributed by atoms with Gasteiger partial charge in [0, 0.05) is 36.7 Å². The first-order valence-electron chi connectivity index (χ1n) is 20.9. The Morgan fingerprint density at radius 3 is 1.88 bits per heavy atom. The number of methoxy groups -OCH3 is 2. The van der Waals surface area contributed by atoms with Crippen LogP contribution >= 0.6 is 23.5 Å². The van der Waals surface area contributed by atoms with E-state index in [9.17, 15) is 19.2 Å². The molecule has 318 valence electrons. The molecule has 4 heterocycles. The van der Waals surface area contributed by atoms with Crippen LogP contribution in [0.15, 0.2) is 48.8 Å². The van der Waals surface area contributed by atoms with Crippen LogP contribution in [0.5, 0.6) is 0 Å². The van der Waals surface area contributed by atoms with Crippen molar-refractivity contribution in [2.45, 2.75) is 75.6 Å². The maximum atomic E-state index is 13.8. The molecule has 3 fully saturated rings. The van der Waals surface area contributed by atoms with Crippen LogP contribution in [0.4, 0.5) is 9.59 Å². The molecule has 4 aromatic rings. The van der Waals surface area contributed by atoms with Gasteiger partial charge in [0.05, 0.1) is 43.9 Å². The number of alkyl carbamates (subject to hydrolysis) is 2. The zero-order valence-electron chi connectivity index (χ0n) is 34.9. The molecule has 0 radical (unpaired) electrons. The fourth-order valence-electron chi connectivity index (χ4n) is 9.35. The minimum absolute atomic E-state index is 0.00323. The van der Waals surface area contributed by atoms with E-state index in [1.54, 1.807) is 23.5 Å². The second-order valence-electron chi connectivity index (χ2n) is 16.7. The first-order valence-corrected chi connectivity index (χ1v) is 22.9. The average Bonchev–Trinajstić information content (AvgIpc) is 4.11. The number of nitrogens with one attached hydrogen (secondary N) is 4. The van der Waals surface area contributed by atoms with E-state index < -0.39 is 18.2 Å². The van der Waals surface area contributed by atoms with Crippen LogP contribution < -0.4 is 10.6 Å². The fourth-order valence-corrected chi connectivity index (χ4v) is 11.7. The van der Waals surface area contributed by atoms with Crippen LogP contribution in [0.1, 0.15) is 92.3 Å². The number of carbonyl (C=O) groups excluding carboxylic acids is 4. The SMILES string of the molecule is COC(=O)NC[C@H](C(=O)N1CCS[C@H]1c1ncc(-c2ccc(-c3ccc(-c4cnc([C@@H]5SCCN5C(=O)[C@@H](NC(=O)OC)C(C)C)[nH]4)c4c3C3CCC4C3)cc2)[nH]1)C(C)C. The number of thioether (sulfide) groups is 2. The van der Waals surface area contributed by atoms with Gasteiger partial charge < -0.3 is 39.9 Å². The number of rotatable bonds is 12. The molecule has 2 bridgehead atoms. The molecule has 4 N–H and O–H groups in total. The number of nitrogens with zero attached hydrogens (tertiary/aromatic N) is 4. The van der Waals surface area contributed by atoms with Crippen LogP contribution in [0.3, 0.4) is 0 Å². The molecule has 0 spiro atoms. The Hall–Kier alpha value is -4.96. The van der Waals surface area contributed by atoms with E-state index >= 15 is 0 Å². The molecule has 1 saturated carbocycles. The van der Waals surface area contributed by atoms with Crippen molar-refractivity contribution in [1.29, 1.82) is 0 Å². The zero-order chi connectivity index (χ0) is 42.2. The molecule has 2 aliphatic heterocycles. The summed E-state index contributed by atoms with van der Waals surface area (Å²) in [6.07, 6.45) is 6.09. The topological polar surface area (TPSA) is 175 Å². The van der Waals surface area contributed by atoms with Crippen LogP contribution in [0.25, 0.3) is 33.6 Å². The van der Waals surface area contributed by atoms with Gasteiger partial charge in [0.15, 0.2) is 0 Å². The van der Waals surface area contributed by atoms with Crippen molar-refractivity contribution < 1.29 is 28.7 Å². The van der Waals surface area contributed by atoms with E-state index in [0.717, 1.165) is 46.5 Å². The highest BCUT2D eigenvalue weighted by atomic mass is 32.2. The third-order valence-corrected chi connectivity index (χ3v) is 14.9. The predicted octanol–water partition coefficient (Wildman–Crippen LogP) is 7.66. The van der Waals surface area contributed by atoms with Crippen molar-refractivity contribution in [3.63, 3.8) is 0 Å². The third kappa shape index (κ3) is 7.99. The summed E-state index contributed by atoms with van der Waals surface area (Å²) in [4.78, 5) is 71.8. The number of hydrogen-bond donors (Lipinski definition) is 4. The molecule has 2 aromatic heterocycles. The van der Waals surface area contributed by atoms with Crippen molar-refractivity contribution in [3.05, 3.63) is 71.6 Å². The van der Waals surface area contributed by atoms with Gasteiger partial charge in [-0.25, -0.2) is 19.6 Å². The largest absolute Gasteiger partial charge is 0.453 e. The standard InChI is InChI=1S/C44H54N8O6S2/c1-23(2)31(20-47-43(55)57-5)39(53)51-15-17-59-41(51)37-45-21-32(48-37)26-9-7-25(8-10-26)29-13-14-30(35-28-12-11-27(19-28)34(29)35)33-22-46-38(49-33)42-52(16-18-60-42)40(54)36(24(3)4)50-44(56)58-6/h7-10,13-14,21-24,27-28,31,36,41-42H,11-12,15-20H2,1-6H3,(H,45,48)(H,46,49)(H,47,55)(H,50,56)/t27?,28?,31-,36-,41-,42-/m0/s1. The summed E-state index contributed by atoms with van der Waals surface area (Å²) >= 11 is 3.36. The Kier molecular flexibility index (Phi) is 12.2. The summed E-state index contributed by atoms with van der Waals surface area (Å²) in [6.45, 7) is 9.21. The first kappa shape index (κ1) is 41.8. The first-order chi connectivity index (χ1) is 29.0. The van der Waals surface area contributed by atoms with Crippen molar-refractivity contribution >= 4 is 47.5 Å².